The highest BCUT2D eigenvalue weighted by Crippen LogP contribution is 2.21. The average molecular weight is 497 g/mol. The van der Waals surface area contributed by atoms with Crippen LogP contribution in [-0.2, 0) is 16.1 Å². The molecule has 0 unspecified atom stereocenters. The van der Waals surface area contributed by atoms with Crippen molar-refractivity contribution in [2.45, 2.75) is 45.2 Å². The van der Waals surface area contributed by atoms with E-state index in [4.69, 9.17) is 9.47 Å². The molecule has 2 bridgehead atoms. The van der Waals surface area contributed by atoms with Crippen LogP contribution >= 0.6 is 0 Å². The van der Waals surface area contributed by atoms with Crippen LogP contribution in [0.4, 0.5) is 0 Å². The molecule has 1 atom stereocenters. The summed E-state index contributed by atoms with van der Waals surface area (Å²) in [4.78, 5) is 43.3. The fourth-order valence-electron chi connectivity index (χ4n) is 4.78. The van der Waals surface area contributed by atoms with Crippen LogP contribution < -0.4 is 10.1 Å². The highest BCUT2D eigenvalue weighted by Gasteiger charge is 2.30. The molecule has 0 radical (unpaired) electrons. The number of carbonyl (C=O) groups is 2. The molecule has 1 saturated heterocycles. The predicted molar refractivity (Wildman–Crippen MR) is 133 cm³/mol. The third-order valence-electron chi connectivity index (χ3n) is 6.68. The molecular formula is C26H36N6O4. The molecule has 0 aromatic carbocycles. The zero-order valence-electron chi connectivity index (χ0n) is 21.0. The molecule has 194 valence electrons. The molecule has 3 aliphatic rings. The van der Waals surface area contributed by atoms with E-state index < -0.39 is 6.04 Å². The van der Waals surface area contributed by atoms with Gasteiger partial charge in [-0.15, -0.1) is 0 Å². The first-order valence-electron chi connectivity index (χ1n) is 12.9. The summed E-state index contributed by atoms with van der Waals surface area (Å²) in [5, 5.41) is 2.94. The maximum Gasteiger partial charge on any atom is 0.257 e. The van der Waals surface area contributed by atoms with Crippen LogP contribution in [0.1, 0.15) is 48.5 Å². The molecule has 5 rings (SSSR count). The first-order valence-corrected chi connectivity index (χ1v) is 12.9. The summed E-state index contributed by atoms with van der Waals surface area (Å²) in [6, 6.07) is 2.79. The maximum absolute atomic E-state index is 13.4. The van der Waals surface area contributed by atoms with Gasteiger partial charge in [0.15, 0.2) is 0 Å². The SMILES string of the molecule is CCC[C@H]1NC(=O)c2cccnc2OCCOCCN(Cc2cncnc2)CC2CCN(CC2)C1=O. The van der Waals surface area contributed by atoms with Crippen molar-refractivity contribution in [3.05, 3.63) is 48.2 Å². The standard InChI is InChI=1S/C26H36N6O4/c1-2-4-23-26(34)32-9-6-20(7-10-32)17-31(18-21-15-27-19-28-16-21)11-12-35-13-14-36-25-22(24(33)30-23)5-3-8-29-25/h3,5,8,15-16,19-20,23H,2,4,6-7,9-14,17-18H2,1H3,(H,30,33)/t23-/m1/s1. The molecule has 5 heterocycles. The van der Waals surface area contributed by atoms with Crippen LogP contribution in [0.5, 0.6) is 5.88 Å². The van der Waals surface area contributed by atoms with Gasteiger partial charge in [-0.25, -0.2) is 15.0 Å². The van der Waals surface area contributed by atoms with Crippen molar-refractivity contribution >= 4 is 11.8 Å². The Labute approximate surface area is 212 Å². The number of ether oxygens (including phenoxy) is 2. The molecule has 2 aromatic heterocycles. The van der Waals surface area contributed by atoms with E-state index in [2.05, 4.69) is 25.2 Å². The summed E-state index contributed by atoms with van der Waals surface area (Å²) in [5.74, 6) is 0.372. The maximum atomic E-state index is 13.4. The topological polar surface area (TPSA) is 110 Å². The van der Waals surface area contributed by atoms with Crippen molar-refractivity contribution in [3.63, 3.8) is 0 Å². The van der Waals surface area contributed by atoms with Crippen molar-refractivity contribution in [2.75, 3.05) is 46.0 Å². The second kappa shape index (κ2) is 13.3. The number of carbonyl (C=O) groups excluding carboxylic acids is 2. The van der Waals surface area contributed by atoms with Crippen LogP contribution in [-0.4, -0.2) is 88.6 Å². The fourth-order valence-corrected chi connectivity index (χ4v) is 4.78. The highest BCUT2D eigenvalue weighted by atomic mass is 16.5. The first-order chi connectivity index (χ1) is 17.6. The van der Waals surface area contributed by atoms with Crippen molar-refractivity contribution in [1.82, 2.24) is 30.1 Å². The second-order valence-electron chi connectivity index (χ2n) is 9.38. The summed E-state index contributed by atoms with van der Waals surface area (Å²) < 4.78 is 11.6. The molecule has 10 heteroatoms. The van der Waals surface area contributed by atoms with E-state index in [1.54, 1.807) is 24.7 Å². The molecule has 1 fully saturated rings. The lowest BCUT2D eigenvalue weighted by Crippen LogP contribution is -2.51. The van der Waals surface area contributed by atoms with Crippen LogP contribution in [0.25, 0.3) is 0 Å². The lowest BCUT2D eigenvalue weighted by molar-refractivity contribution is -0.135. The smallest absolute Gasteiger partial charge is 0.257 e. The minimum absolute atomic E-state index is 0.0113. The van der Waals surface area contributed by atoms with Gasteiger partial charge in [0.05, 0.1) is 13.2 Å². The van der Waals surface area contributed by atoms with Gasteiger partial charge in [0.1, 0.15) is 24.5 Å². The lowest BCUT2D eigenvalue weighted by atomic mass is 9.95. The molecule has 36 heavy (non-hydrogen) atoms. The lowest BCUT2D eigenvalue weighted by Gasteiger charge is -2.36. The number of rotatable bonds is 4. The summed E-state index contributed by atoms with van der Waals surface area (Å²) in [6.07, 6.45) is 10.1. The number of nitrogens with one attached hydrogen (secondary N) is 1. The van der Waals surface area contributed by atoms with E-state index in [0.29, 0.717) is 44.2 Å². The minimum atomic E-state index is -0.566. The number of nitrogens with zero attached hydrogens (tertiary/aromatic N) is 5. The molecule has 0 saturated carbocycles. The molecule has 2 amide bonds. The van der Waals surface area contributed by atoms with Crippen LogP contribution in [0.3, 0.4) is 0 Å². The van der Waals surface area contributed by atoms with Gasteiger partial charge in [-0.3, -0.25) is 14.5 Å². The Balaban J connectivity index is 1.50. The zero-order valence-corrected chi connectivity index (χ0v) is 21.0. The Bertz CT molecular complexity index is 983. The number of pyridine rings is 1. The summed E-state index contributed by atoms with van der Waals surface area (Å²) >= 11 is 0. The Kier molecular flexibility index (Phi) is 9.57. The van der Waals surface area contributed by atoms with Crippen molar-refractivity contribution in [3.8, 4) is 5.88 Å². The summed E-state index contributed by atoms with van der Waals surface area (Å²) in [5.41, 5.74) is 1.39. The zero-order chi connectivity index (χ0) is 25.2. The van der Waals surface area contributed by atoms with E-state index >= 15 is 0 Å². The van der Waals surface area contributed by atoms with Crippen molar-refractivity contribution in [1.29, 1.82) is 0 Å². The van der Waals surface area contributed by atoms with Crippen LogP contribution in [0.15, 0.2) is 37.1 Å². The number of piperidine rings is 1. The van der Waals surface area contributed by atoms with Crippen LogP contribution in [0.2, 0.25) is 0 Å². The van der Waals surface area contributed by atoms with Gasteiger partial charge in [-0.1, -0.05) is 13.3 Å². The van der Waals surface area contributed by atoms with Crippen LogP contribution in [0, 0.1) is 5.92 Å². The number of hydrogen-bond acceptors (Lipinski definition) is 8. The average Bonchev–Trinajstić information content (AvgIpc) is 2.90. The van der Waals surface area contributed by atoms with Gasteiger partial charge < -0.3 is 19.7 Å². The van der Waals surface area contributed by atoms with E-state index in [-0.39, 0.29) is 24.3 Å². The third kappa shape index (κ3) is 7.20. The van der Waals surface area contributed by atoms with Gasteiger partial charge in [0.2, 0.25) is 11.8 Å². The molecule has 0 spiro atoms. The number of fused-ring (bicyclic) bond motifs is 12. The Morgan fingerprint density at radius 2 is 1.89 bits per heavy atom. The van der Waals surface area contributed by atoms with E-state index in [9.17, 15) is 9.59 Å². The summed E-state index contributed by atoms with van der Waals surface area (Å²) in [7, 11) is 0. The molecule has 1 N–H and O–H groups in total. The fraction of sp³-hybridized carbons (Fsp3) is 0.577. The van der Waals surface area contributed by atoms with Gasteiger partial charge in [0, 0.05) is 56.9 Å². The van der Waals surface area contributed by atoms with Crippen molar-refractivity contribution in [2.24, 2.45) is 5.92 Å². The monoisotopic (exact) mass is 496 g/mol. The molecule has 3 aliphatic heterocycles. The Morgan fingerprint density at radius 1 is 1.08 bits per heavy atom. The predicted octanol–water partition coefficient (Wildman–Crippen LogP) is 1.92. The Hall–Kier alpha value is -3.11. The second-order valence-corrected chi connectivity index (χ2v) is 9.38. The first kappa shape index (κ1) is 26.0. The minimum Gasteiger partial charge on any atom is -0.475 e. The highest BCUT2D eigenvalue weighted by molar-refractivity contribution is 5.99. The van der Waals surface area contributed by atoms with Gasteiger partial charge in [-0.05, 0) is 37.3 Å². The van der Waals surface area contributed by atoms with Crippen molar-refractivity contribution < 1.29 is 19.1 Å². The number of aromatic nitrogens is 3. The number of hydrogen-bond donors (Lipinski definition) is 1. The molecule has 10 nitrogen and oxygen atoms in total. The van der Waals surface area contributed by atoms with E-state index in [1.165, 1.54) is 0 Å². The van der Waals surface area contributed by atoms with E-state index in [0.717, 1.165) is 44.5 Å². The molecular weight excluding hydrogens is 460 g/mol. The van der Waals surface area contributed by atoms with Gasteiger partial charge >= 0.3 is 0 Å². The van der Waals surface area contributed by atoms with Gasteiger partial charge in [0.25, 0.3) is 5.91 Å². The largest absolute Gasteiger partial charge is 0.475 e. The normalized spacial score (nSPS) is 22.8. The molecule has 2 aromatic rings. The number of amides is 2. The van der Waals surface area contributed by atoms with Gasteiger partial charge in [-0.2, -0.15) is 0 Å². The molecule has 0 aliphatic carbocycles. The summed E-state index contributed by atoms with van der Waals surface area (Å²) in [6.45, 7) is 7.06. The van der Waals surface area contributed by atoms with E-state index in [1.807, 2.05) is 24.2 Å². The quantitative estimate of drug-likeness (QED) is 0.640. The Morgan fingerprint density at radius 3 is 2.67 bits per heavy atom. The third-order valence-corrected chi connectivity index (χ3v) is 6.68.